The Bertz CT molecular complexity index is 755. The molecule has 0 aliphatic rings. The van der Waals surface area contributed by atoms with E-state index in [2.05, 4.69) is 42.6 Å². The number of aromatic nitrogens is 2. The maximum Gasteiger partial charge on any atom is 0.134 e. The van der Waals surface area contributed by atoms with Crippen LogP contribution >= 0.6 is 0 Å². The normalized spacial score (nSPS) is 11.4. The van der Waals surface area contributed by atoms with E-state index in [9.17, 15) is 0 Å². The Morgan fingerprint density at radius 2 is 2.00 bits per heavy atom. The lowest BCUT2D eigenvalue weighted by Gasteiger charge is -2.03. The first kappa shape index (κ1) is 13.9. The number of hydrogen-bond acceptors (Lipinski definition) is 3. The van der Waals surface area contributed by atoms with Crippen molar-refractivity contribution in [3.8, 4) is 0 Å². The van der Waals surface area contributed by atoms with Crippen LogP contribution in [-0.2, 0) is 19.6 Å². The summed E-state index contributed by atoms with van der Waals surface area (Å²) in [5, 5.41) is 9.17. The van der Waals surface area contributed by atoms with Gasteiger partial charge in [-0.1, -0.05) is 18.2 Å². The van der Waals surface area contributed by atoms with Gasteiger partial charge in [-0.2, -0.15) is 5.10 Å². The molecule has 0 spiro atoms. The molecular formula is C17H21N3O. The summed E-state index contributed by atoms with van der Waals surface area (Å²) >= 11 is 0. The lowest BCUT2D eigenvalue weighted by Crippen LogP contribution is -2.13. The van der Waals surface area contributed by atoms with Crippen molar-refractivity contribution >= 4 is 11.0 Å². The van der Waals surface area contributed by atoms with Crippen molar-refractivity contribution in [2.24, 2.45) is 0 Å². The molecule has 0 unspecified atom stereocenters. The van der Waals surface area contributed by atoms with Crippen molar-refractivity contribution < 1.29 is 4.42 Å². The van der Waals surface area contributed by atoms with Crippen molar-refractivity contribution in [3.63, 3.8) is 0 Å². The van der Waals surface area contributed by atoms with Gasteiger partial charge in [0.05, 0.1) is 5.69 Å². The second-order valence-corrected chi connectivity index (χ2v) is 5.33. The van der Waals surface area contributed by atoms with E-state index in [1.807, 2.05) is 23.7 Å². The van der Waals surface area contributed by atoms with Gasteiger partial charge < -0.3 is 9.73 Å². The molecule has 2 heterocycles. The molecule has 0 fully saturated rings. The molecule has 0 aliphatic carbocycles. The van der Waals surface area contributed by atoms with Crippen LogP contribution in [0.2, 0.25) is 0 Å². The van der Waals surface area contributed by atoms with Crippen LogP contribution in [0, 0.1) is 13.8 Å². The van der Waals surface area contributed by atoms with Crippen molar-refractivity contribution in [1.82, 2.24) is 15.1 Å². The Kier molecular flexibility index (Phi) is 3.80. The van der Waals surface area contributed by atoms with Crippen LogP contribution in [0.25, 0.3) is 11.0 Å². The second-order valence-electron chi connectivity index (χ2n) is 5.33. The van der Waals surface area contributed by atoms with Crippen LogP contribution in [-0.4, -0.2) is 9.78 Å². The van der Waals surface area contributed by atoms with Gasteiger partial charge in [0.1, 0.15) is 11.3 Å². The summed E-state index contributed by atoms with van der Waals surface area (Å²) in [6.45, 7) is 8.72. The van der Waals surface area contributed by atoms with Gasteiger partial charge in [0.2, 0.25) is 0 Å². The average molecular weight is 283 g/mol. The zero-order valence-electron chi connectivity index (χ0n) is 12.8. The number of benzene rings is 1. The number of aryl methyl sites for hydroxylation is 3. The van der Waals surface area contributed by atoms with Crippen molar-refractivity contribution in [3.05, 3.63) is 53.0 Å². The number of furan rings is 1. The van der Waals surface area contributed by atoms with E-state index in [-0.39, 0.29) is 0 Å². The number of nitrogens with zero attached hydrogens (tertiary/aromatic N) is 2. The van der Waals surface area contributed by atoms with E-state index in [0.717, 1.165) is 36.7 Å². The first-order valence-corrected chi connectivity index (χ1v) is 7.39. The standard InChI is InChI=1S/C17H21N3O/c1-4-20-11-14(12(2)19-20)9-18-10-16-13(3)21-17-8-6-5-7-15(16)17/h5-8,11,18H,4,9-10H2,1-3H3. The third-order valence-electron chi connectivity index (χ3n) is 3.89. The predicted molar refractivity (Wildman–Crippen MR) is 84.1 cm³/mol. The molecule has 1 N–H and O–H groups in total. The molecule has 4 nitrogen and oxygen atoms in total. The van der Waals surface area contributed by atoms with Gasteiger partial charge in [0, 0.05) is 42.3 Å². The van der Waals surface area contributed by atoms with Crippen LogP contribution in [0.1, 0.15) is 29.5 Å². The molecule has 21 heavy (non-hydrogen) atoms. The molecule has 2 aromatic heterocycles. The minimum Gasteiger partial charge on any atom is -0.461 e. The number of rotatable bonds is 5. The minimum absolute atomic E-state index is 0.805. The molecule has 0 bridgehead atoms. The molecular weight excluding hydrogens is 262 g/mol. The molecule has 3 rings (SSSR count). The summed E-state index contributed by atoms with van der Waals surface area (Å²) < 4.78 is 7.77. The first-order valence-electron chi connectivity index (χ1n) is 7.39. The molecule has 3 aromatic rings. The Morgan fingerprint density at radius 1 is 1.19 bits per heavy atom. The Hall–Kier alpha value is -2.07. The van der Waals surface area contributed by atoms with Gasteiger partial charge >= 0.3 is 0 Å². The first-order chi connectivity index (χ1) is 10.2. The lowest BCUT2D eigenvalue weighted by molar-refractivity contribution is 0.565. The van der Waals surface area contributed by atoms with Crippen molar-refractivity contribution in [1.29, 1.82) is 0 Å². The average Bonchev–Trinajstić information content (AvgIpc) is 3.00. The van der Waals surface area contributed by atoms with E-state index in [0.29, 0.717) is 0 Å². The fraction of sp³-hybridized carbons (Fsp3) is 0.353. The summed E-state index contributed by atoms with van der Waals surface area (Å²) in [4.78, 5) is 0. The molecule has 4 heteroatoms. The summed E-state index contributed by atoms with van der Waals surface area (Å²) in [5.41, 5.74) is 4.55. The highest BCUT2D eigenvalue weighted by molar-refractivity contribution is 5.82. The van der Waals surface area contributed by atoms with Gasteiger partial charge in [-0.25, -0.2) is 0 Å². The summed E-state index contributed by atoms with van der Waals surface area (Å²) in [6.07, 6.45) is 2.11. The monoisotopic (exact) mass is 283 g/mol. The van der Waals surface area contributed by atoms with Crippen LogP contribution in [0.5, 0.6) is 0 Å². The van der Waals surface area contributed by atoms with Crippen LogP contribution in [0.15, 0.2) is 34.9 Å². The van der Waals surface area contributed by atoms with Crippen molar-refractivity contribution in [2.75, 3.05) is 0 Å². The Balaban J connectivity index is 1.72. The van der Waals surface area contributed by atoms with E-state index in [1.54, 1.807) is 0 Å². The summed E-state index contributed by atoms with van der Waals surface area (Å²) in [6, 6.07) is 8.19. The molecule has 0 atom stereocenters. The minimum atomic E-state index is 0.805. The summed E-state index contributed by atoms with van der Waals surface area (Å²) in [7, 11) is 0. The summed E-state index contributed by atoms with van der Waals surface area (Å²) in [5.74, 6) is 0.990. The number of fused-ring (bicyclic) bond motifs is 1. The van der Waals surface area contributed by atoms with Gasteiger partial charge in [0.15, 0.2) is 0 Å². The van der Waals surface area contributed by atoms with E-state index in [1.165, 1.54) is 16.5 Å². The number of nitrogens with one attached hydrogen (secondary N) is 1. The van der Waals surface area contributed by atoms with Crippen molar-refractivity contribution in [2.45, 2.75) is 40.4 Å². The van der Waals surface area contributed by atoms with Crippen LogP contribution in [0.4, 0.5) is 0 Å². The zero-order chi connectivity index (χ0) is 14.8. The number of para-hydroxylation sites is 1. The predicted octanol–water partition coefficient (Wildman–Crippen LogP) is 3.56. The zero-order valence-corrected chi connectivity index (χ0v) is 12.8. The maximum atomic E-state index is 5.79. The highest BCUT2D eigenvalue weighted by Crippen LogP contribution is 2.25. The van der Waals surface area contributed by atoms with Gasteiger partial charge in [-0.15, -0.1) is 0 Å². The lowest BCUT2D eigenvalue weighted by atomic mass is 10.1. The number of hydrogen-bond donors (Lipinski definition) is 1. The van der Waals surface area contributed by atoms with E-state index < -0.39 is 0 Å². The smallest absolute Gasteiger partial charge is 0.134 e. The van der Waals surface area contributed by atoms with E-state index >= 15 is 0 Å². The molecule has 0 saturated carbocycles. The molecule has 110 valence electrons. The topological polar surface area (TPSA) is 43.0 Å². The molecule has 0 saturated heterocycles. The van der Waals surface area contributed by atoms with E-state index in [4.69, 9.17) is 4.42 Å². The highest BCUT2D eigenvalue weighted by atomic mass is 16.3. The van der Waals surface area contributed by atoms with Crippen LogP contribution < -0.4 is 5.32 Å². The van der Waals surface area contributed by atoms with Gasteiger partial charge in [0.25, 0.3) is 0 Å². The van der Waals surface area contributed by atoms with Crippen LogP contribution in [0.3, 0.4) is 0 Å². The SMILES string of the molecule is CCn1cc(CNCc2c(C)oc3ccccc23)c(C)n1. The Morgan fingerprint density at radius 3 is 2.76 bits per heavy atom. The third kappa shape index (κ3) is 2.72. The Labute approximate surface area is 124 Å². The fourth-order valence-corrected chi connectivity index (χ4v) is 2.66. The van der Waals surface area contributed by atoms with Gasteiger partial charge in [-0.3, -0.25) is 4.68 Å². The maximum absolute atomic E-state index is 5.79. The fourth-order valence-electron chi connectivity index (χ4n) is 2.66. The third-order valence-corrected chi connectivity index (χ3v) is 3.89. The highest BCUT2D eigenvalue weighted by Gasteiger charge is 2.10. The van der Waals surface area contributed by atoms with Gasteiger partial charge in [-0.05, 0) is 26.8 Å². The quantitative estimate of drug-likeness (QED) is 0.778. The molecule has 0 radical (unpaired) electrons. The molecule has 1 aromatic carbocycles. The largest absolute Gasteiger partial charge is 0.461 e. The molecule has 0 amide bonds. The molecule has 0 aliphatic heterocycles. The second kappa shape index (κ2) is 5.74.